The van der Waals surface area contributed by atoms with E-state index in [1.807, 2.05) is 18.2 Å². The number of nitrogen functional groups attached to an aromatic ring is 1. The fourth-order valence-corrected chi connectivity index (χ4v) is 2.23. The normalized spacial score (nSPS) is 19.1. The lowest BCUT2D eigenvalue weighted by Crippen LogP contribution is -2.27. The maximum absolute atomic E-state index is 5.89. The third kappa shape index (κ3) is 4.63. The highest BCUT2D eigenvalue weighted by molar-refractivity contribution is 5.59. The Morgan fingerprint density at radius 2 is 2.26 bits per heavy atom. The standard InChI is InChI=1S/C15H24N2O2/c1-2-6-18-15-9-12(16)8-13(10-15)17-11-14-5-3-4-7-19-14/h8-10,14,17H,2-7,11,16H2,1H3. The van der Waals surface area contributed by atoms with Crippen molar-refractivity contribution >= 4 is 11.4 Å². The van der Waals surface area contributed by atoms with Crippen LogP contribution in [0.2, 0.25) is 0 Å². The summed E-state index contributed by atoms with van der Waals surface area (Å²) in [4.78, 5) is 0. The molecule has 1 aromatic rings. The first-order chi connectivity index (χ1) is 9.28. The Morgan fingerprint density at radius 1 is 1.37 bits per heavy atom. The van der Waals surface area contributed by atoms with Gasteiger partial charge in [-0.1, -0.05) is 6.92 Å². The van der Waals surface area contributed by atoms with Crippen molar-refractivity contribution in [1.82, 2.24) is 0 Å². The average molecular weight is 264 g/mol. The molecule has 1 aliphatic heterocycles. The summed E-state index contributed by atoms with van der Waals surface area (Å²) in [5.74, 6) is 0.828. The highest BCUT2D eigenvalue weighted by atomic mass is 16.5. The first kappa shape index (κ1) is 14.0. The molecule has 4 heteroatoms. The molecule has 3 N–H and O–H groups in total. The van der Waals surface area contributed by atoms with Gasteiger partial charge in [0.25, 0.3) is 0 Å². The number of nitrogens with one attached hydrogen (secondary N) is 1. The summed E-state index contributed by atoms with van der Waals surface area (Å²) in [6.07, 6.45) is 4.88. The Hall–Kier alpha value is -1.42. The monoisotopic (exact) mass is 264 g/mol. The second-order valence-corrected chi connectivity index (χ2v) is 5.01. The molecule has 1 aliphatic rings. The zero-order valence-corrected chi connectivity index (χ0v) is 11.7. The van der Waals surface area contributed by atoms with Crippen molar-refractivity contribution in [1.29, 1.82) is 0 Å². The van der Waals surface area contributed by atoms with Crippen LogP contribution in [0.3, 0.4) is 0 Å². The van der Waals surface area contributed by atoms with Crippen molar-refractivity contribution in [3.63, 3.8) is 0 Å². The molecule has 0 aromatic heterocycles. The maximum atomic E-state index is 5.89. The molecule has 1 aromatic carbocycles. The predicted molar refractivity (Wildman–Crippen MR) is 78.7 cm³/mol. The molecule has 0 spiro atoms. The Kier molecular flexibility index (Phi) is 5.33. The van der Waals surface area contributed by atoms with Gasteiger partial charge in [0.15, 0.2) is 0 Å². The minimum atomic E-state index is 0.315. The molecule has 0 aliphatic carbocycles. The summed E-state index contributed by atoms with van der Waals surface area (Å²) in [6, 6.07) is 5.79. The van der Waals surface area contributed by atoms with Gasteiger partial charge < -0.3 is 20.5 Å². The van der Waals surface area contributed by atoms with Crippen LogP contribution >= 0.6 is 0 Å². The Labute approximate surface area is 115 Å². The SMILES string of the molecule is CCCOc1cc(N)cc(NCC2CCCCO2)c1. The van der Waals surface area contributed by atoms with Crippen molar-refractivity contribution in [2.45, 2.75) is 38.7 Å². The number of hydrogen-bond donors (Lipinski definition) is 2. The van der Waals surface area contributed by atoms with E-state index in [2.05, 4.69) is 12.2 Å². The van der Waals surface area contributed by atoms with Gasteiger partial charge >= 0.3 is 0 Å². The molecule has 1 heterocycles. The van der Waals surface area contributed by atoms with Crippen molar-refractivity contribution in [2.24, 2.45) is 0 Å². The lowest BCUT2D eigenvalue weighted by atomic mass is 10.1. The van der Waals surface area contributed by atoms with Gasteiger partial charge in [0.05, 0.1) is 12.7 Å². The van der Waals surface area contributed by atoms with E-state index in [0.29, 0.717) is 12.7 Å². The van der Waals surface area contributed by atoms with Gasteiger partial charge in [0.2, 0.25) is 0 Å². The summed E-state index contributed by atoms with van der Waals surface area (Å²) >= 11 is 0. The van der Waals surface area contributed by atoms with E-state index in [-0.39, 0.29) is 0 Å². The minimum Gasteiger partial charge on any atom is -0.493 e. The molecule has 4 nitrogen and oxygen atoms in total. The van der Waals surface area contributed by atoms with Crippen molar-refractivity contribution in [3.05, 3.63) is 18.2 Å². The summed E-state index contributed by atoms with van der Waals surface area (Å²) in [6.45, 7) is 4.52. The topological polar surface area (TPSA) is 56.5 Å². The predicted octanol–water partition coefficient (Wildman–Crippen LogP) is 3.04. The molecule has 0 amide bonds. The van der Waals surface area contributed by atoms with E-state index >= 15 is 0 Å². The molecule has 0 bridgehead atoms. The van der Waals surface area contributed by atoms with E-state index in [1.165, 1.54) is 12.8 Å². The zero-order valence-electron chi connectivity index (χ0n) is 11.7. The summed E-state index contributed by atoms with van der Waals surface area (Å²) in [5, 5.41) is 3.39. The molecule has 1 saturated heterocycles. The molecule has 106 valence electrons. The van der Waals surface area contributed by atoms with Gasteiger partial charge in [-0.3, -0.25) is 0 Å². The Balaban J connectivity index is 1.89. The van der Waals surface area contributed by atoms with E-state index in [9.17, 15) is 0 Å². The van der Waals surface area contributed by atoms with Crippen LogP contribution in [0.1, 0.15) is 32.6 Å². The first-order valence-electron chi connectivity index (χ1n) is 7.17. The van der Waals surface area contributed by atoms with E-state index in [1.54, 1.807) is 0 Å². The number of ether oxygens (including phenoxy) is 2. The maximum Gasteiger partial charge on any atom is 0.123 e. The van der Waals surface area contributed by atoms with Crippen LogP contribution in [0.5, 0.6) is 5.75 Å². The Bertz CT molecular complexity index is 390. The summed E-state index contributed by atoms with van der Waals surface area (Å²) in [5.41, 5.74) is 7.61. The number of nitrogens with two attached hydrogens (primary N) is 1. The third-order valence-electron chi connectivity index (χ3n) is 3.21. The molecule has 0 saturated carbocycles. The van der Waals surface area contributed by atoms with Gasteiger partial charge in [-0.15, -0.1) is 0 Å². The van der Waals surface area contributed by atoms with Crippen LogP contribution in [0.25, 0.3) is 0 Å². The second-order valence-electron chi connectivity index (χ2n) is 5.01. The summed E-state index contributed by atoms with van der Waals surface area (Å²) in [7, 11) is 0. The molecule has 19 heavy (non-hydrogen) atoms. The van der Waals surface area contributed by atoms with Crippen molar-refractivity contribution in [3.8, 4) is 5.75 Å². The van der Waals surface area contributed by atoms with Gasteiger partial charge in [-0.2, -0.15) is 0 Å². The van der Waals surface area contributed by atoms with E-state index in [4.69, 9.17) is 15.2 Å². The number of hydrogen-bond acceptors (Lipinski definition) is 4. The molecule has 1 unspecified atom stereocenters. The van der Waals surface area contributed by atoms with Crippen LogP contribution in [0, 0.1) is 0 Å². The molecule has 1 fully saturated rings. The van der Waals surface area contributed by atoms with Crippen molar-refractivity contribution in [2.75, 3.05) is 30.8 Å². The largest absolute Gasteiger partial charge is 0.493 e. The number of benzene rings is 1. The van der Waals surface area contributed by atoms with Crippen LogP contribution in [0.4, 0.5) is 11.4 Å². The first-order valence-corrected chi connectivity index (χ1v) is 7.17. The smallest absolute Gasteiger partial charge is 0.123 e. The van der Waals surface area contributed by atoms with Crippen LogP contribution in [-0.2, 0) is 4.74 Å². The zero-order chi connectivity index (χ0) is 13.5. The van der Waals surface area contributed by atoms with Crippen LogP contribution in [0.15, 0.2) is 18.2 Å². The lowest BCUT2D eigenvalue weighted by Gasteiger charge is -2.23. The van der Waals surface area contributed by atoms with Gasteiger partial charge in [-0.05, 0) is 31.7 Å². The average Bonchev–Trinajstić information content (AvgIpc) is 2.43. The highest BCUT2D eigenvalue weighted by Crippen LogP contribution is 2.23. The molecular weight excluding hydrogens is 240 g/mol. The van der Waals surface area contributed by atoms with Gasteiger partial charge in [-0.25, -0.2) is 0 Å². The fourth-order valence-electron chi connectivity index (χ4n) is 2.23. The van der Waals surface area contributed by atoms with E-state index in [0.717, 1.165) is 43.1 Å². The van der Waals surface area contributed by atoms with Gasteiger partial charge in [0, 0.05) is 36.7 Å². The van der Waals surface area contributed by atoms with Crippen LogP contribution in [-0.4, -0.2) is 25.9 Å². The third-order valence-corrected chi connectivity index (χ3v) is 3.21. The van der Waals surface area contributed by atoms with E-state index < -0.39 is 0 Å². The molecule has 1 atom stereocenters. The van der Waals surface area contributed by atoms with Crippen LogP contribution < -0.4 is 15.8 Å². The molecular formula is C15H24N2O2. The number of rotatable bonds is 6. The summed E-state index contributed by atoms with van der Waals surface area (Å²) < 4.78 is 11.3. The number of anilines is 2. The minimum absolute atomic E-state index is 0.315. The molecule has 2 rings (SSSR count). The lowest BCUT2D eigenvalue weighted by molar-refractivity contribution is 0.0247. The second kappa shape index (κ2) is 7.24. The quantitative estimate of drug-likeness (QED) is 0.775. The highest BCUT2D eigenvalue weighted by Gasteiger charge is 2.13. The Morgan fingerprint density at radius 3 is 3.00 bits per heavy atom. The fraction of sp³-hybridized carbons (Fsp3) is 0.600. The van der Waals surface area contributed by atoms with Gasteiger partial charge in [0.1, 0.15) is 5.75 Å². The van der Waals surface area contributed by atoms with Crippen molar-refractivity contribution < 1.29 is 9.47 Å². The molecule has 0 radical (unpaired) electrons.